The molecule has 4 N–H and O–H groups in total. The van der Waals surface area contributed by atoms with Crippen molar-refractivity contribution in [1.29, 1.82) is 0 Å². The molecule has 0 aromatic rings. The first-order valence-electron chi connectivity index (χ1n) is 9.02. The van der Waals surface area contributed by atoms with E-state index in [1.54, 1.807) is 34.6 Å². The summed E-state index contributed by atoms with van der Waals surface area (Å²) >= 11 is 0. The number of carboxylic acids is 1. The maximum absolute atomic E-state index is 12.6. The van der Waals surface area contributed by atoms with E-state index < -0.39 is 48.1 Å². The normalized spacial score (nSPS) is 13.7. The number of aliphatic carboxylic acids is 1. The highest BCUT2D eigenvalue weighted by molar-refractivity contribution is 5.92. The van der Waals surface area contributed by atoms with Crippen molar-refractivity contribution in [3.8, 4) is 0 Å². The summed E-state index contributed by atoms with van der Waals surface area (Å²) in [7, 11) is 0. The zero-order chi connectivity index (χ0) is 21.4. The van der Waals surface area contributed by atoms with Gasteiger partial charge in [0.25, 0.3) is 0 Å². The molecule has 0 bridgehead atoms. The lowest BCUT2D eigenvalue weighted by molar-refractivity contribution is -0.138. The van der Waals surface area contributed by atoms with E-state index in [9.17, 15) is 19.2 Å². The van der Waals surface area contributed by atoms with Crippen molar-refractivity contribution in [2.75, 3.05) is 6.54 Å². The van der Waals surface area contributed by atoms with Gasteiger partial charge in [0.1, 0.15) is 24.2 Å². The summed E-state index contributed by atoms with van der Waals surface area (Å²) in [5.74, 6) is -2.46. The predicted octanol–water partition coefficient (Wildman–Crippen LogP) is 1.27. The van der Waals surface area contributed by atoms with Gasteiger partial charge in [-0.05, 0) is 39.0 Å². The Bertz CT molecular complexity index is 540. The summed E-state index contributed by atoms with van der Waals surface area (Å²) < 4.78 is 5.18. The van der Waals surface area contributed by atoms with Gasteiger partial charge in [-0.2, -0.15) is 0 Å². The SMILES string of the molecule is CC(C)CC(NC(=O)C(NC(=O)OC(C)(C)C)C(C)C)C(=O)NCC(=O)O. The molecule has 2 unspecified atom stereocenters. The summed E-state index contributed by atoms with van der Waals surface area (Å²) in [4.78, 5) is 47.5. The Kier molecular flexibility index (Phi) is 9.82. The average molecular weight is 387 g/mol. The topological polar surface area (TPSA) is 134 Å². The lowest BCUT2D eigenvalue weighted by Gasteiger charge is -2.27. The van der Waals surface area contributed by atoms with Crippen LogP contribution in [0.25, 0.3) is 0 Å². The van der Waals surface area contributed by atoms with E-state index in [0.717, 1.165) is 0 Å². The lowest BCUT2D eigenvalue weighted by atomic mass is 10.00. The molecule has 0 saturated heterocycles. The zero-order valence-electron chi connectivity index (χ0n) is 17.2. The van der Waals surface area contributed by atoms with Gasteiger partial charge in [-0.15, -0.1) is 0 Å². The number of carbonyl (C=O) groups is 4. The maximum atomic E-state index is 12.6. The second-order valence-electron chi connectivity index (χ2n) is 8.17. The molecule has 0 aliphatic carbocycles. The Labute approximate surface area is 160 Å². The van der Waals surface area contributed by atoms with E-state index in [1.165, 1.54) is 0 Å². The molecule has 9 heteroatoms. The molecule has 0 saturated carbocycles. The average Bonchev–Trinajstić information content (AvgIpc) is 2.46. The number of nitrogens with one attached hydrogen (secondary N) is 3. The number of carbonyl (C=O) groups excluding carboxylic acids is 3. The second kappa shape index (κ2) is 10.7. The lowest BCUT2D eigenvalue weighted by Crippen LogP contribution is -2.56. The van der Waals surface area contributed by atoms with Gasteiger partial charge in [0, 0.05) is 0 Å². The minimum Gasteiger partial charge on any atom is -0.480 e. The Hall–Kier alpha value is -2.32. The number of rotatable bonds is 9. The van der Waals surface area contributed by atoms with Gasteiger partial charge >= 0.3 is 12.1 Å². The number of carboxylic acid groups (broad SMARTS) is 1. The van der Waals surface area contributed by atoms with Gasteiger partial charge in [0.2, 0.25) is 11.8 Å². The molecule has 0 fully saturated rings. The molecule has 156 valence electrons. The first-order chi connectivity index (χ1) is 12.2. The van der Waals surface area contributed by atoms with E-state index >= 15 is 0 Å². The maximum Gasteiger partial charge on any atom is 0.408 e. The largest absolute Gasteiger partial charge is 0.480 e. The van der Waals surface area contributed by atoms with Crippen LogP contribution in [0.15, 0.2) is 0 Å². The Balaban J connectivity index is 5.12. The van der Waals surface area contributed by atoms with Crippen molar-refractivity contribution in [2.45, 2.75) is 72.6 Å². The highest BCUT2D eigenvalue weighted by Gasteiger charge is 2.30. The molecule has 0 aromatic heterocycles. The van der Waals surface area contributed by atoms with Crippen LogP contribution in [0.4, 0.5) is 4.79 Å². The number of hydrogen-bond acceptors (Lipinski definition) is 5. The monoisotopic (exact) mass is 387 g/mol. The molecular weight excluding hydrogens is 354 g/mol. The van der Waals surface area contributed by atoms with Crippen LogP contribution in [0.2, 0.25) is 0 Å². The van der Waals surface area contributed by atoms with E-state index in [1.807, 2.05) is 13.8 Å². The molecule has 0 radical (unpaired) electrons. The summed E-state index contributed by atoms with van der Waals surface area (Å²) in [6.45, 7) is 11.9. The number of amides is 3. The third-order valence-corrected chi connectivity index (χ3v) is 3.38. The van der Waals surface area contributed by atoms with Gasteiger partial charge in [0.05, 0.1) is 0 Å². The van der Waals surface area contributed by atoms with Crippen LogP contribution < -0.4 is 16.0 Å². The summed E-state index contributed by atoms with van der Waals surface area (Å²) in [5, 5.41) is 16.1. The fourth-order valence-corrected chi connectivity index (χ4v) is 2.22. The van der Waals surface area contributed by atoms with Crippen LogP contribution in [-0.4, -0.2) is 53.2 Å². The first-order valence-corrected chi connectivity index (χ1v) is 9.02. The van der Waals surface area contributed by atoms with Gasteiger partial charge in [-0.1, -0.05) is 27.7 Å². The molecule has 0 heterocycles. The van der Waals surface area contributed by atoms with E-state index in [-0.39, 0.29) is 11.8 Å². The molecule has 0 aliphatic heterocycles. The minimum absolute atomic E-state index is 0.0854. The Morgan fingerprint density at radius 3 is 1.93 bits per heavy atom. The molecule has 3 amide bonds. The molecule has 2 atom stereocenters. The van der Waals surface area contributed by atoms with Gasteiger partial charge in [0.15, 0.2) is 0 Å². The molecule has 0 spiro atoms. The molecule has 27 heavy (non-hydrogen) atoms. The third kappa shape index (κ3) is 11.1. The van der Waals surface area contributed by atoms with Gasteiger partial charge in [-0.25, -0.2) is 4.79 Å². The van der Waals surface area contributed by atoms with Gasteiger partial charge < -0.3 is 25.8 Å². The van der Waals surface area contributed by atoms with Crippen LogP contribution in [0.1, 0.15) is 54.9 Å². The first kappa shape index (κ1) is 24.7. The van der Waals surface area contributed by atoms with E-state index in [0.29, 0.717) is 6.42 Å². The van der Waals surface area contributed by atoms with Crippen LogP contribution in [0, 0.1) is 11.8 Å². The molecule has 0 aromatic carbocycles. The summed E-state index contributed by atoms with van der Waals surface area (Å²) in [5.41, 5.74) is -0.709. The van der Waals surface area contributed by atoms with Crippen molar-refractivity contribution < 1.29 is 29.0 Å². The smallest absolute Gasteiger partial charge is 0.408 e. The highest BCUT2D eigenvalue weighted by Crippen LogP contribution is 2.10. The Morgan fingerprint density at radius 1 is 0.963 bits per heavy atom. The second-order valence-corrected chi connectivity index (χ2v) is 8.17. The fourth-order valence-electron chi connectivity index (χ4n) is 2.22. The Morgan fingerprint density at radius 2 is 1.52 bits per heavy atom. The molecule has 0 rings (SSSR count). The molecular formula is C18H33N3O6. The highest BCUT2D eigenvalue weighted by atomic mass is 16.6. The predicted molar refractivity (Wildman–Crippen MR) is 100 cm³/mol. The zero-order valence-corrected chi connectivity index (χ0v) is 17.2. The van der Waals surface area contributed by atoms with Crippen molar-refractivity contribution in [3.05, 3.63) is 0 Å². The van der Waals surface area contributed by atoms with Crippen LogP contribution >= 0.6 is 0 Å². The van der Waals surface area contributed by atoms with Crippen molar-refractivity contribution in [1.82, 2.24) is 16.0 Å². The number of hydrogen-bond donors (Lipinski definition) is 4. The van der Waals surface area contributed by atoms with Gasteiger partial charge in [-0.3, -0.25) is 14.4 Å². The summed E-state index contributed by atoms with van der Waals surface area (Å²) in [6.07, 6.45) is -0.402. The minimum atomic E-state index is -1.18. The molecule has 9 nitrogen and oxygen atoms in total. The van der Waals surface area contributed by atoms with Crippen LogP contribution in [-0.2, 0) is 19.1 Å². The molecule has 0 aliphatic rings. The third-order valence-electron chi connectivity index (χ3n) is 3.38. The van der Waals surface area contributed by atoms with Crippen molar-refractivity contribution in [3.63, 3.8) is 0 Å². The van der Waals surface area contributed by atoms with Crippen molar-refractivity contribution in [2.24, 2.45) is 11.8 Å². The van der Waals surface area contributed by atoms with Crippen molar-refractivity contribution >= 4 is 23.9 Å². The fraction of sp³-hybridized carbons (Fsp3) is 0.778. The number of ether oxygens (including phenoxy) is 1. The van der Waals surface area contributed by atoms with E-state index in [4.69, 9.17) is 9.84 Å². The standard InChI is InChI=1S/C18H33N3O6/c1-10(2)8-12(15(24)19-9-13(22)23)20-16(25)14(11(3)4)21-17(26)27-18(5,6)7/h10-12,14H,8-9H2,1-7H3,(H,19,24)(H,20,25)(H,21,26)(H,22,23). The van der Waals surface area contributed by atoms with Crippen LogP contribution in [0.3, 0.4) is 0 Å². The summed E-state index contributed by atoms with van der Waals surface area (Å²) in [6, 6.07) is -1.81. The van der Waals surface area contributed by atoms with E-state index in [2.05, 4.69) is 16.0 Å². The quantitative estimate of drug-likeness (QED) is 0.471. The number of alkyl carbamates (subject to hydrolysis) is 1. The van der Waals surface area contributed by atoms with Crippen LogP contribution in [0.5, 0.6) is 0 Å².